The second kappa shape index (κ2) is 14.3. The Balaban J connectivity index is 1.15. The summed E-state index contributed by atoms with van der Waals surface area (Å²) in [5.41, 5.74) is 24.7. The Morgan fingerprint density at radius 1 is 0.577 bits per heavy atom. The maximum Gasteiger partial charge on any atom is 0.317 e. The summed E-state index contributed by atoms with van der Waals surface area (Å²) in [6.45, 7) is 0. The van der Waals surface area contributed by atoms with E-state index in [9.17, 15) is 9.59 Å². The molecular weight excluding hydrogens is 672 g/mol. The fourth-order valence-electron chi connectivity index (χ4n) is 7.05. The van der Waals surface area contributed by atoms with Crippen LogP contribution in [-0.4, -0.2) is 60.3 Å². The van der Waals surface area contributed by atoms with Crippen molar-refractivity contribution < 1.29 is 38.0 Å². The number of anilines is 4. The van der Waals surface area contributed by atoms with E-state index in [0.29, 0.717) is 85.5 Å². The molecule has 16 heteroatoms. The molecule has 2 heterocycles. The molecule has 52 heavy (non-hydrogen) atoms. The van der Waals surface area contributed by atoms with E-state index < -0.39 is 22.8 Å². The molecule has 0 unspecified atom stereocenters. The lowest BCUT2D eigenvalue weighted by Gasteiger charge is -2.50. The van der Waals surface area contributed by atoms with Gasteiger partial charge >= 0.3 is 11.9 Å². The van der Waals surface area contributed by atoms with Gasteiger partial charge in [0.25, 0.3) is 0 Å². The van der Waals surface area contributed by atoms with Crippen LogP contribution in [0.25, 0.3) is 0 Å². The van der Waals surface area contributed by atoms with Gasteiger partial charge in [0, 0.05) is 36.4 Å². The third kappa shape index (κ3) is 6.83. The third-order valence-corrected chi connectivity index (χ3v) is 10.2. The van der Waals surface area contributed by atoms with Crippen molar-refractivity contribution in [3.8, 4) is 34.5 Å². The van der Waals surface area contributed by atoms with E-state index in [1.54, 1.807) is 36.7 Å². The quantitative estimate of drug-likeness (QED) is 0.121. The minimum Gasteiger partial charge on any atom is -0.493 e. The van der Waals surface area contributed by atoms with Crippen molar-refractivity contribution in [3.05, 3.63) is 58.9 Å². The van der Waals surface area contributed by atoms with Crippen LogP contribution in [-0.2, 0) is 22.4 Å². The fraction of sp³-hybridized carbons (Fsp3) is 0.389. The van der Waals surface area contributed by atoms with Gasteiger partial charge in [-0.05, 0) is 73.9 Å². The number of esters is 2. The molecule has 3 aliphatic rings. The minimum atomic E-state index is -0.781. The van der Waals surface area contributed by atoms with E-state index in [0.717, 1.165) is 11.1 Å². The molecule has 16 nitrogen and oxygen atoms in total. The second-order valence-corrected chi connectivity index (χ2v) is 13.1. The molecule has 0 atom stereocenters. The molecule has 0 amide bonds. The number of nitrogen functional groups attached to an aromatic ring is 4. The zero-order valence-electron chi connectivity index (χ0n) is 29.5. The zero-order chi connectivity index (χ0) is 37.2. The standard InChI is InChI=1S/C36H42N8O8/c1-47-23-13-19(11-21-17-41-33(39)43-29(21)37)14-24(48-2)27(23)51-31(45)35-5-8-36(9-6-35,10-7-35)32(46)52-28-25(49-3)15-20(16-26(28)50-4)12-22-18-42-34(40)44-30(22)38/h13-18H,5-12H2,1-4H3,(H4,37,39,41,43)(H4,38,40,42,44). The summed E-state index contributed by atoms with van der Waals surface area (Å²) in [6, 6.07) is 6.99. The van der Waals surface area contributed by atoms with E-state index in [1.165, 1.54) is 28.4 Å². The van der Waals surface area contributed by atoms with E-state index in [2.05, 4.69) is 19.9 Å². The number of aromatic nitrogens is 4. The Labute approximate surface area is 300 Å². The number of hydrogen-bond acceptors (Lipinski definition) is 16. The third-order valence-electron chi connectivity index (χ3n) is 10.2. The van der Waals surface area contributed by atoms with Gasteiger partial charge in [0.2, 0.25) is 23.4 Å². The molecule has 0 spiro atoms. The minimum absolute atomic E-state index is 0.0812. The summed E-state index contributed by atoms with van der Waals surface area (Å²) < 4.78 is 34.6. The number of methoxy groups -OCH3 is 4. The maximum atomic E-state index is 13.9. The van der Waals surface area contributed by atoms with Gasteiger partial charge in [0.1, 0.15) is 11.6 Å². The van der Waals surface area contributed by atoms with Crippen molar-refractivity contribution in [3.63, 3.8) is 0 Å². The number of ether oxygens (including phenoxy) is 6. The number of carbonyl (C=O) groups is 2. The Hall–Kier alpha value is -6.06. The van der Waals surface area contributed by atoms with E-state index in [4.69, 9.17) is 51.4 Å². The van der Waals surface area contributed by atoms with Crippen LogP contribution >= 0.6 is 0 Å². The Morgan fingerprint density at radius 3 is 1.15 bits per heavy atom. The predicted octanol–water partition coefficient (Wildman–Crippen LogP) is 3.66. The number of benzene rings is 2. The first-order valence-electron chi connectivity index (χ1n) is 16.6. The van der Waals surface area contributed by atoms with Crippen molar-refractivity contribution in [2.45, 2.75) is 51.4 Å². The summed E-state index contributed by atoms with van der Waals surface area (Å²) in [6.07, 6.45) is 6.51. The lowest BCUT2D eigenvalue weighted by atomic mass is 9.53. The molecule has 0 aliphatic heterocycles. The molecule has 8 N–H and O–H groups in total. The summed E-state index contributed by atoms with van der Waals surface area (Å²) in [4.78, 5) is 43.9. The van der Waals surface area contributed by atoms with Crippen molar-refractivity contribution in [1.29, 1.82) is 0 Å². The normalized spacial score (nSPS) is 19.1. The summed E-state index contributed by atoms with van der Waals surface area (Å²) >= 11 is 0. The van der Waals surface area contributed by atoms with Gasteiger partial charge in [-0.15, -0.1) is 0 Å². The number of nitrogens with zero attached hydrogens (tertiary/aromatic N) is 4. The molecule has 2 aromatic carbocycles. The lowest BCUT2D eigenvalue weighted by Crippen LogP contribution is -2.51. The molecular formula is C36H42N8O8. The SMILES string of the molecule is COc1cc(Cc2cnc(N)nc2N)cc(OC)c1OC(=O)C12CCC(C(=O)Oc3c(OC)cc(Cc4cnc(N)nc4N)cc3OC)(CC1)CC2. The number of carbonyl (C=O) groups excluding carboxylic acids is 2. The lowest BCUT2D eigenvalue weighted by molar-refractivity contribution is -0.167. The molecule has 2 bridgehead atoms. The molecule has 7 rings (SSSR count). The second-order valence-electron chi connectivity index (χ2n) is 13.1. The number of nitrogens with two attached hydrogens (primary N) is 4. The Morgan fingerprint density at radius 2 is 0.885 bits per heavy atom. The Kier molecular flexibility index (Phi) is 9.82. The van der Waals surface area contributed by atoms with E-state index >= 15 is 0 Å². The van der Waals surface area contributed by atoms with Gasteiger partial charge in [0.05, 0.1) is 39.3 Å². The highest BCUT2D eigenvalue weighted by atomic mass is 16.6. The molecule has 3 saturated carbocycles. The number of rotatable bonds is 12. The van der Waals surface area contributed by atoms with Gasteiger partial charge in [0.15, 0.2) is 23.0 Å². The average molecular weight is 715 g/mol. The molecule has 0 saturated heterocycles. The average Bonchev–Trinajstić information content (AvgIpc) is 3.15. The van der Waals surface area contributed by atoms with E-state index in [-0.39, 0.29) is 35.0 Å². The van der Waals surface area contributed by atoms with Gasteiger partial charge < -0.3 is 51.4 Å². The van der Waals surface area contributed by atoms with Crippen LogP contribution in [0, 0.1) is 10.8 Å². The fourth-order valence-corrected chi connectivity index (χ4v) is 7.05. The van der Waals surface area contributed by atoms with Crippen LogP contribution in [0.4, 0.5) is 23.5 Å². The maximum absolute atomic E-state index is 13.9. The van der Waals surface area contributed by atoms with E-state index in [1.807, 2.05) is 0 Å². The van der Waals surface area contributed by atoms with Crippen molar-refractivity contribution in [2.24, 2.45) is 10.8 Å². The largest absolute Gasteiger partial charge is 0.493 e. The van der Waals surface area contributed by atoms with Crippen LogP contribution < -0.4 is 51.4 Å². The predicted molar refractivity (Wildman–Crippen MR) is 190 cm³/mol. The number of fused-ring (bicyclic) bond motifs is 3. The van der Waals surface area contributed by atoms with Crippen LogP contribution in [0.5, 0.6) is 34.5 Å². The highest BCUT2D eigenvalue weighted by molar-refractivity contribution is 5.85. The highest BCUT2D eigenvalue weighted by Crippen LogP contribution is 2.58. The van der Waals surface area contributed by atoms with Crippen LogP contribution in [0.1, 0.15) is 60.8 Å². The molecule has 4 aromatic rings. The summed E-state index contributed by atoms with van der Waals surface area (Å²) in [5, 5.41) is 0. The van der Waals surface area contributed by atoms with Crippen LogP contribution in [0.15, 0.2) is 36.7 Å². The molecule has 3 fully saturated rings. The van der Waals surface area contributed by atoms with Crippen LogP contribution in [0.3, 0.4) is 0 Å². The van der Waals surface area contributed by atoms with Crippen LogP contribution in [0.2, 0.25) is 0 Å². The first-order chi connectivity index (χ1) is 24.9. The smallest absolute Gasteiger partial charge is 0.317 e. The van der Waals surface area contributed by atoms with Crippen molar-refractivity contribution in [2.75, 3.05) is 51.4 Å². The summed E-state index contributed by atoms with van der Waals surface area (Å²) in [7, 11) is 5.94. The van der Waals surface area contributed by atoms with Gasteiger partial charge in [-0.1, -0.05) is 0 Å². The topological polar surface area (TPSA) is 245 Å². The zero-order valence-corrected chi connectivity index (χ0v) is 29.5. The highest BCUT2D eigenvalue weighted by Gasteiger charge is 2.57. The number of hydrogen-bond donors (Lipinski definition) is 4. The Bertz CT molecular complexity index is 1800. The molecule has 0 radical (unpaired) electrons. The monoisotopic (exact) mass is 714 g/mol. The first kappa shape index (κ1) is 35.8. The van der Waals surface area contributed by atoms with Crippen molar-refractivity contribution >= 4 is 35.5 Å². The molecule has 274 valence electrons. The van der Waals surface area contributed by atoms with Gasteiger partial charge in [-0.25, -0.2) is 9.97 Å². The molecule has 3 aliphatic carbocycles. The first-order valence-corrected chi connectivity index (χ1v) is 16.6. The molecule has 2 aromatic heterocycles. The van der Waals surface area contributed by atoms with Crippen molar-refractivity contribution in [1.82, 2.24) is 19.9 Å². The van der Waals surface area contributed by atoms with Gasteiger partial charge in [-0.3, -0.25) is 9.59 Å². The van der Waals surface area contributed by atoms with Gasteiger partial charge in [-0.2, -0.15) is 9.97 Å². The summed E-state index contributed by atoms with van der Waals surface area (Å²) in [5.74, 6) is 1.50.